The minimum absolute atomic E-state index is 0.0250. The third kappa shape index (κ3) is 5.09. The highest BCUT2D eigenvalue weighted by Gasteiger charge is 2.24. The second-order valence-corrected chi connectivity index (χ2v) is 12.2. The van der Waals surface area contributed by atoms with Crippen molar-refractivity contribution in [1.82, 2.24) is 4.98 Å². The number of aromatic nitrogens is 1. The van der Waals surface area contributed by atoms with Crippen molar-refractivity contribution in [2.45, 2.75) is 69.6 Å². The maximum absolute atomic E-state index is 13.1. The number of benzene rings is 2. The highest BCUT2D eigenvalue weighted by molar-refractivity contribution is 7.93. The van der Waals surface area contributed by atoms with Crippen LogP contribution in [0.4, 0.5) is 0 Å². The first-order valence-corrected chi connectivity index (χ1v) is 13.0. The standard InChI is InChI=1S/C24H31N3O3S2/c1-14(2)18-11-16-9-7-8-10-17(16)22(15(3)4)19(18)12-20(28)27-32(25,30)21-13-26-23(31-21)24(5,6)29/h7-11,13-15,29H,12H2,1-6H3,(H2,25,27,28,30)/t32-/m1/s1. The smallest absolute Gasteiger partial charge is 0.259 e. The van der Waals surface area contributed by atoms with Gasteiger partial charge in [-0.2, -0.15) is 0 Å². The van der Waals surface area contributed by atoms with E-state index in [1.165, 1.54) is 6.20 Å². The molecule has 3 N–H and O–H groups in total. The van der Waals surface area contributed by atoms with Crippen LogP contribution in [0.2, 0.25) is 0 Å². The first-order valence-electron chi connectivity index (χ1n) is 10.6. The molecule has 1 aromatic heterocycles. The predicted molar refractivity (Wildman–Crippen MR) is 131 cm³/mol. The van der Waals surface area contributed by atoms with Crippen LogP contribution in [0.5, 0.6) is 0 Å². The van der Waals surface area contributed by atoms with Gasteiger partial charge in [0, 0.05) is 0 Å². The molecule has 0 unspecified atom stereocenters. The van der Waals surface area contributed by atoms with E-state index in [9.17, 15) is 14.1 Å². The van der Waals surface area contributed by atoms with Gasteiger partial charge < -0.3 is 5.11 Å². The van der Waals surface area contributed by atoms with Crippen LogP contribution in [0.1, 0.15) is 75.1 Å². The lowest BCUT2D eigenvalue weighted by atomic mass is 9.83. The van der Waals surface area contributed by atoms with E-state index in [-0.39, 0.29) is 22.5 Å². The van der Waals surface area contributed by atoms with Crippen molar-refractivity contribution in [3.63, 3.8) is 0 Å². The summed E-state index contributed by atoms with van der Waals surface area (Å²) in [6.07, 6.45) is 1.35. The first kappa shape index (κ1) is 24.5. The summed E-state index contributed by atoms with van der Waals surface area (Å²) in [6.45, 7) is 11.6. The minimum atomic E-state index is -3.46. The molecule has 0 saturated carbocycles. The van der Waals surface area contributed by atoms with Crippen LogP contribution in [0.25, 0.3) is 10.8 Å². The zero-order valence-corrected chi connectivity index (χ0v) is 21.0. The average Bonchev–Trinajstić information content (AvgIpc) is 3.18. The Kier molecular flexibility index (Phi) is 6.91. The SMILES string of the molecule is CC(C)c1cc2ccccc2c(C(C)C)c1CC(=O)N=[S@@](N)(=O)c1cnc(C(C)(C)O)s1. The van der Waals surface area contributed by atoms with Gasteiger partial charge in [0.15, 0.2) is 9.92 Å². The van der Waals surface area contributed by atoms with Crippen molar-refractivity contribution >= 4 is 37.9 Å². The fraction of sp³-hybridized carbons (Fsp3) is 0.417. The van der Waals surface area contributed by atoms with Gasteiger partial charge in [0.25, 0.3) is 5.91 Å². The number of amides is 1. The summed E-state index contributed by atoms with van der Waals surface area (Å²) in [5, 5.41) is 18.7. The quantitative estimate of drug-likeness (QED) is 0.510. The van der Waals surface area contributed by atoms with Crippen LogP contribution in [0, 0.1) is 0 Å². The van der Waals surface area contributed by atoms with Gasteiger partial charge in [0.1, 0.15) is 14.8 Å². The Morgan fingerprint density at radius 1 is 1.22 bits per heavy atom. The molecule has 0 saturated heterocycles. The lowest BCUT2D eigenvalue weighted by Crippen LogP contribution is -2.16. The molecule has 3 rings (SSSR count). The number of nitrogens with zero attached hydrogens (tertiary/aromatic N) is 2. The Labute approximate surface area is 194 Å². The van der Waals surface area contributed by atoms with Gasteiger partial charge in [-0.05, 0) is 53.1 Å². The third-order valence-electron chi connectivity index (χ3n) is 5.30. The van der Waals surface area contributed by atoms with E-state index in [0.717, 1.165) is 38.8 Å². The van der Waals surface area contributed by atoms with E-state index >= 15 is 0 Å². The van der Waals surface area contributed by atoms with Gasteiger partial charge in [0.05, 0.1) is 12.6 Å². The van der Waals surface area contributed by atoms with Crippen LogP contribution in [0.15, 0.2) is 45.1 Å². The maximum Gasteiger partial charge on any atom is 0.259 e. The fourth-order valence-electron chi connectivity index (χ4n) is 3.87. The van der Waals surface area contributed by atoms with Gasteiger partial charge in [-0.15, -0.1) is 15.7 Å². The molecule has 172 valence electrons. The molecule has 0 radical (unpaired) electrons. The Bertz CT molecular complexity index is 1280. The normalized spacial score (nSPS) is 14.2. The second-order valence-electron chi connectivity index (χ2n) is 9.16. The lowest BCUT2D eigenvalue weighted by Gasteiger charge is -2.22. The molecule has 0 fully saturated rings. The zero-order valence-electron chi connectivity index (χ0n) is 19.4. The lowest BCUT2D eigenvalue weighted by molar-refractivity contribution is -0.117. The number of fused-ring (bicyclic) bond motifs is 1. The number of hydrogen-bond donors (Lipinski definition) is 2. The Morgan fingerprint density at radius 3 is 2.44 bits per heavy atom. The van der Waals surface area contributed by atoms with Crippen molar-refractivity contribution in [3.8, 4) is 0 Å². The van der Waals surface area contributed by atoms with Crippen molar-refractivity contribution < 1.29 is 14.1 Å². The van der Waals surface area contributed by atoms with E-state index in [4.69, 9.17) is 5.14 Å². The largest absolute Gasteiger partial charge is 0.383 e. The van der Waals surface area contributed by atoms with Gasteiger partial charge in [-0.1, -0.05) is 58.0 Å². The molecule has 6 nitrogen and oxygen atoms in total. The summed E-state index contributed by atoms with van der Waals surface area (Å²) in [5.74, 6) is -0.132. The number of rotatable bonds is 6. The summed E-state index contributed by atoms with van der Waals surface area (Å²) in [5.41, 5.74) is 1.94. The van der Waals surface area contributed by atoms with Gasteiger partial charge in [0.2, 0.25) is 0 Å². The van der Waals surface area contributed by atoms with E-state index in [1.54, 1.807) is 13.8 Å². The summed E-state index contributed by atoms with van der Waals surface area (Å²) in [6, 6.07) is 10.3. The Balaban J connectivity index is 2.08. The summed E-state index contributed by atoms with van der Waals surface area (Å²) >= 11 is 1.01. The molecule has 3 aromatic rings. The van der Waals surface area contributed by atoms with Crippen molar-refractivity contribution in [3.05, 3.63) is 58.2 Å². The molecule has 0 aliphatic carbocycles. The van der Waals surface area contributed by atoms with Crippen LogP contribution in [-0.2, 0) is 26.7 Å². The van der Waals surface area contributed by atoms with Crippen molar-refractivity contribution in [2.24, 2.45) is 9.50 Å². The molecule has 8 heteroatoms. The Morgan fingerprint density at radius 2 is 1.88 bits per heavy atom. The maximum atomic E-state index is 13.1. The highest BCUT2D eigenvalue weighted by atomic mass is 32.2. The van der Waals surface area contributed by atoms with E-state index in [0.29, 0.717) is 5.01 Å². The van der Waals surface area contributed by atoms with Gasteiger partial charge in [-0.25, -0.2) is 14.3 Å². The number of hydrogen-bond acceptors (Lipinski definition) is 5. The number of carbonyl (C=O) groups excluding carboxylic acids is 1. The average molecular weight is 474 g/mol. The number of nitrogens with two attached hydrogens (primary N) is 1. The molecule has 32 heavy (non-hydrogen) atoms. The molecule has 0 spiro atoms. The highest BCUT2D eigenvalue weighted by Crippen LogP contribution is 2.35. The van der Waals surface area contributed by atoms with Crippen LogP contribution >= 0.6 is 11.3 Å². The number of thiazole rings is 1. The van der Waals surface area contributed by atoms with Crippen LogP contribution in [-0.4, -0.2) is 20.2 Å². The number of carbonyl (C=O) groups is 1. The second kappa shape index (κ2) is 9.02. The van der Waals surface area contributed by atoms with Crippen LogP contribution < -0.4 is 5.14 Å². The van der Waals surface area contributed by atoms with E-state index in [2.05, 4.69) is 55.2 Å². The third-order valence-corrected chi connectivity index (χ3v) is 8.52. The molecule has 0 bridgehead atoms. The molecule has 1 amide bonds. The summed E-state index contributed by atoms with van der Waals surface area (Å²) in [7, 11) is -3.46. The zero-order chi connectivity index (χ0) is 23.8. The van der Waals surface area contributed by atoms with Crippen molar-refractivity contribution in [2.75, 3.05) is 0 Å². The number of aliphatic hydroxyl groups is 1. The van der Waals surface area contributed by atoms with E-state index in [1.807, 2.05) is 12.1 Å². The predicted octanol–water partition coefficient (Wildman–Crippen LogP) is 5.24. The van der Waals surface area contributed by atoms with Crippen molar-refractivity contribution in [1.29, 1.82) is 0 Å². The molecule has 1 heterocycles. The summed E-state index contributed by atoms with van der Waals surface area (Å²) in [4.78, 5) is 17.1. The molecular weight excluding hydrogens is 442 g/mol. The first-order chi connectivity index (χ1) is 14.8. The molecule has 2 aromatic carbocycles. The summed E-state index contributed by atoms with van der Waals surface area (Å²) < 4.78 is 17.1. The monoisotopic (exact) mass is 473 g/mol. The van der Waals surface area contributed by atoms with Crippen LogP contribution in [0.3, 0.4) is 0 Å². The Hall–Kier alpha value is -2.13. The minimum Gasteiger partial charge on any atom is -0.383 e. The van der Waals surface area contributed by atoms with Gasteiger partial charge in [-0.3, -0.25) is 4.79 Å². The topological polar surface area (TPSA) is 106 Å². The molecule has 0 aliphatic heterocycles. The molecular formula is C24H31N3O3S2. The molecule has 0 aliphatic rings. The fourth-order valence-corrected chi connectivity index (χ4v) is 6.01. The van der Waals surface area contributed by atoms with Gasteiger partial charge >= 0.3 is 0 Å². The molecule has 1 atom stereocenters. The van der Waals surface area contributed by atoms with E-state index < -0.39 is 21.4 Å².